The Balaban J connectivity index is 2.29. The Kier molecular flexibility index (Phi) is 3.55. The summed E-state index contributed by atoms with van der Waals surface area (Å²) in [4.78, 5) is 0. The molecule has 0 bridgehead atoms. The molecule has 0 saturated heterocycles. The van der Waals surface area contributed by atoms with Gasteiger partial charge in [0.2, 0.25) is 0 Å². The molecule has 1 heterocycles. The summed E-state index contributed by atoms with van der Waals surface area (Å²) in [6.45, 7) is 5.47. The molecule has 3 aromatic rings. The molecule has 7 heteroatoms. The first-order chi connectivity index (χ1) is 11.1. The van der Waals surface area contributed by atoms with Crippen LogP contribution >= 0.6 is 0 Å². The van der Waals surface area contributed by atoms with Gasteiger partial charge in [-0.1, -0.05) is 26.8 Å². The highest BCUT2D eigenvalue weighted by Gasteiger charge is 2.36. The minimum absolute atomic E-state index is 0.125. The smallest absolute Gasteiger partial charge is 0.419 e. The number of phenolic OH excluding ortho intramolecular Hbond substituents is 1. The number of aromatic amines is 1. The third-order valence-electron chi connectivity index (χ3n) is 3.91. The number of phenols is 1. The van der Waals surface area contributed by atoms with E-state index in [1.165, 1.54) is 0 Å². The van der Waals surface area contributed by atoms with E-state index in [0.717, 1.165) is 6.07 Å². The van der Waals surface area contributed by atoms with Gasteiger partial charge in [-0.15, -0.1) is 0 Å². The summed E-state index contributed by atoms with van der Waals surface area (Å²) in [5.41, 5.74) is 0.640. The van der Waals surface area contributed by atoms with Crippen LogP contribution in [-0.4, -0.2) is 20.5 Å². The normalized spacial score (nSPS) is 12.8. The number of alkyl halides is 3. The van der Waals surface area contributed by atoms with Crippen molar-refractivity contribution in [3.05, 3.63) is 41.5 Å². The molecule has 1 aromatic heterocycles. The average Bonchev–Trinajstić information content (AvgIpc) is 2.92. The number of hydrogen-bond acceptors (Lipinski definition) is 3. The monoisotopic (exact) mass is 335 g/mol. The fourth-order valence-corrected chi connectivity index (χ4v) is 2.51. The summed E-state index contributed by atoms with van der Waals surface area (Å²) in [6, 6.07) is 7.46. The van der Waals surface area contributed by atoms with Crippen molar-refractivity contribution < 1.29 is 18.3 Å². The van der Waals surface area contributed by atoms with Gasteiger partial charge in [-0.3, -0.25) is 0 Å². The molecular weight excluding hydrogens is 319 g/mol. The summed E-state index contributed by atoms with van der Waals surface area (Å²) >= 11 is 0. The zero-order chi connectivity index (χ0) is 17.7. The van der Waals surface area contributed by atoms with Crippen LogP contribution in [0.4, 0.5) is 13.2 Å². The van der Waals surface area contributed by atoms with Crippen LogP contribution in [0.1, 0.15) is 31.9 Å². The molecule has 24 heavy (non-hydrogen) atoms. The number of aromatic hydroxyl groups is 1. The lowest BCUT2D eigenvalue weighted by Gasteiger charge is -2.23. The summed E-state index contributed by atoms with van der Waals surface area (Å²) in [7, 11) is 0. The van der Waals surface area contributed by atoms with E-state index < -0.39 is 22.9 Å². The molecule has 0 aliphatic heterocycles. The van der Waals surface area contributed by atoms with E-state index in [0.29, 0.717) is 22.2 Å². The molecule has 0 amide bonds. The quantitative estimate of drug-likeness (QED) is 0.680. The molecule has 0 radical (unpaired) electrons. The molecule has 0 spiro atoms. The third kappa shape index (κ3) is 2.81. The molecule has 126 valence electrons. The molecule has 2 N–H and O–H groups in total. The third-order valence-corrected chi connectivity index (χ3v) is 3.91. The Labute approximate surface area is 136 Å². The molecule has 0 fully saturated rings. The van der Waals surface area contributed by atoms with Crippen LogP contribution < -0.4 is 0 Å². The number of rotatable bonds is 1. The van der Waals surface area contributed by atoms with Crippen molar-refractivity contribution in [1.82, 2.24) is 15.4 Å². The lowest BCUT2D eigenvalue weighted by molar-refractivity contribution is -0.138. The summed E-state index contributed by atoms with van der Waals surface area (Å²) < 4.78 is 40.0. The highest BCUT2D eigenvalue weighted by Crippen LogP contribution is 2.44. The molecule has 0 saturated carbocycles. The standard InChI is InChI=1S/C17H16F3N3O/c1-16(2,3)10-7-11(15(24)12(8-10)17(18,19)20)9-4-5-13-14(6-9)22-23-21-13/h4-8,24H,1-3H3,(H,21,22,23). The van der Waals surface area contributed by atoms with Gasteiger partial charge in [0.25, 0.3) is 0 Å². The van der Waals surface area contributed by atoms with Crippen molar-refractivity contribution in [3.63, 3.8) is 0 Å². The number of nitrogens with zero attached hydrogens (tertiary/aromatic N) is 2. The Bertz CT molecular complexity index is 908. The van der Waals surface area contributed by atoms with E-state index in [1.807, 2.05) is 20.8 Å². The fraction of sp³-hybridized carbons (Fsp3) is 0.294. The highest BCUT2D eigenvalue weighted by atomic mass is 19.4. The zero-order valence-corrected chi connectivity index (χ0v) is 13.4. The molecule has 0 unspecified atom stereocenters. The second kappa shape index (κ2) is 5.22. The number of benzene rings is 2. The van der Waals surface area contributed by atoms with Gasteiger partial charge in [0, 0.05) is 5.56 Å². The Morgan fingerprint density at radius 2 is 1.62 bits per heavy atom. The van der Waals surface area contributed by atoms with Crippen LogP contribution in [0.25, 0.3) is 22.2 Å². The van der Waals surface area contributed by atoms with Crippen LogP contribution in [0.15, 0.2) is 30.3 Å². The first kappa shape index (κ1) is 16.3. The minimum atomic E-state index is -4.64. The molecule has 4 nitrogen and oxygen atoms in total. The van der Waals surface area contributed by atoms with Crippen LogP contribution in [0, 0.1) is 0 Å². The maximum absolute atomic E-state index is 13.3. The predicted molar refractivity (Wildman–Crippen MR) is 84.7 cm³/mol. The maximum atomic E-state index is 13.3. The second-order valence-electron chi connectivity index (χ2n) is 6.69. The second-order valence-corrected chi connectivity index (χ2v) is 6.69. The molecule has 0 aliphatic rings. The first-order valence-electron chi connectivity index (χ1n) is 7.33. The van der Waals surface area contributed by atoms with Gasteiger partial charge in [-0.05, 0) is 40.8 Å². The van der Waals surface area contributed by atoms with Gasteiger partial charge < -0.3 is 5.11 Å². The van der Waals surface area contributed by atoms with E-state index in [9.17, 15) is 18.3 Å². The highest BCUT2D eigenvalue weighted by molar-refractivity contribution is 5.83. The first-order valence-corrected chi connectivity index (χ1v) is 7.33. The lowest BCUT2D eigenvalue weighted by Crippen LogP contribution is -2.14. The van der Waals surface area contributed by atoms with Crippen LogP contribution in [0.5, 0.6) is 5.75 Å². The van der Waals surface area contributed by atoms with Gasteiger partial charge in [0.15, 0.2) is 0 Å². The summed E-state index contributed by atoms with van der Waals surface area (Å²) in [5.74, 6) is -0.779. The average molecular weight is 335 g/mol. The van der Waals surface area contributed by atoms with E-state index in [2.05, 4.69) is 15.4 Å². The largest absolute Gasteiger partial charge is 0.507 e. The number of aromatic nitrogens is 3. The number of halogens is 3. The molecule has 0 atom stereocenters. The SMILES string of the molecule is CC(C)(C)c1cc(-c2ccc3n[nH]nc3c2)c(O)c(C(F)(F)F)c1. The summed E-state index contributed by atoms with van der Waals surface area (Å²) in [6.07, 6.45) is -4.64. The summed E-state index contributed by atoms with van der Waals surface area (Å²) in [5, 5.41) is 20.5. The number of H-pyrrole nitrogens is 1. The number of nitrogens with one attached hydrogen (secondary N) is 1. The van der Waals surface area contributed by atoms with E-state index >= 15 is 0 Å². The van der Waals surface area contributed by atoms with Crippen molar-refractivity contribution in [2.75, 3.05) is 0 Å². The van der Waals surface area contributed by atoms with Crippen molar-refractivity contribution in [3.8, 4) is 16.9 Å². The van der Waals surface area contributed by atoms with Crippen LogP contribution in [0.3, 0.4) is 0 Å². The lowest BCUT2D eigenvalue weighted by atomic mass is 9.83. The number of fused-ring (bicyclic) bond motifs is 1. The number of hydrogen-bond donors (Lipinski definition) is 2. The van der Waals surface area contributed by atoms with E-state index in [1.54, 1.807) is 24.3 Å². The Morgan fingerprint density at radius 3 is 2.25 bits per heavy atom. The van der Waals surface area contributed by atoms with Gasteiger partial charge in [0.1, 0.15) is 16.8 Å². The van der Waals surface area contributed by atoms with Crippen molar-refractivity contribution in [2.45, 2.75) is 32.4 Å². The molecule has 2 aromatic carbocycles. The van der Waals surface area contributed by atoms with Crippen molar-refractivity contribution in [2.24, 2.45) is 0 Å². The minimum Gasteiger partial charge on any atom is -0.507 e. The maximum Gasteiger partial charge on any atom is 0.419 e. The van der Waals surface area contributed by atoms with E-state index in [-0.39, 0.29) is 5.56 Å². The Morgan fingerprint density at radius 1 is 0.958 bits per heavy atom. The fourth-order valence-electron chi connectivity index (χ4n) is 2.51. The van der Waals surface area contributed by atoms with Crippen LogP contribution in [-0.2, 0) is 11.6 Å². The predicted octanol–water partition coefficient (Wildman–Crippen LogP) is 4.65. The van der Waals surface area contributed by atoms with Crippen molar-refractivity contribution >= 4 is 11.0 Å². The molecular formula is C17H16F3N3O. The topological polar surface area (TPSA) is 61.8 Å². The van der Waals surface area contributed by atoms with Crippen LogP contribution in [0.2, 0.25) is 0 Å². The van der Waals surface area contributed by atoms with Gasteiger partial charge >= 0.3 is 6.18 Å². The van der Waals surface area contributed by atoms with Gasteiger partial charge in [0.05, 0.1) is 5.56 Å². The molecule has 3 rings (SSSR count). The van der Waals surface area contributed by atoms with E-state index in [4.69, 9.17) is 0 Å². The zero-order valence-electron chi connectivity index (χ0n) is 13.4. The molecule has 0 aliphatic carbocycles. The Hall–Kier alpha value is -2.57. The van der Waals surface area contributed by atoms with Crippen molar-refractivity contribution in [1.29, 1.82) is 0 Å². The van der Waals surface area contributed by atoms with Gasteiger partial charge in [-0.25, -0.2) is 0 Å². The van der Waals surface area contributed by atoms with Gasteiger partial charge in [-0.2, -0.15) is 28.6 Å².